The average molecular weight is 392 g/mol. The van der Waals surface area contributed by atoms with Crippen molar-refractivity contribution in [1.29, 1.82) is 0 Å². The fourth-order valence-electron chi connectivity index (χ4n) is 2.43. The maximum atomic E-state index is 12.2. The Bertz CT molecular complexity index is 686. The highest BCUT2D eigenvalue weighted by atomic mass is 35.5. The number of benzene rings is 2. The molecule has 26 heavy (non-hydrogen) atoms. The van der Waals surface area contributed by atoms with Crippen molar-refractivity contribution < 1.29 is 9.53 Å². The number of carbonyl (C=O) groups is 1. The van der Waals surface area contributed by atoms with Gasteiger partial charge in [-0.05, 0) is 75.6 Å². The Labute approximate surface area is 165 Å². The third kappa shape index (κ3) is 7.30. The molecule has 0 radical (unpaired) electrons. The van der Waals surface area contributed by atoms with E-state index in [4.69, 9.17) is 16.3 Å². The molecule has 0 bridgehead atoms. The Hall–Kier alpha value is -1.65. The minimum atomic E-state index is -0.136. The van der Waals surface area contributed by atoms with Crippen molar-refractivity contribution in [3.63, 3.8) is 0 Å². The van der Waals surface area contributed by atoms with Gasteiger partial charge in [0, 0.05) is 16.5 Å². The van der Waals surface area contributed by atoms with Crippen LogP contribution in [0.1, 0.15) is 32.8 Å². The molecule has 1 amide bonds. The summed E-state index contributed by atoms with van der Waals surface area (Å²) in [5.41, 5.74) is 1.25. The number of rotatable bonds is 9. The number of halogens is 1. The summed E-state index contributed by atoms with van der Waals surface area (Å²) >= 11 is 7.42. The van der Waals surface area contributed by atoms with Gasteiger partial charge < -0.3 is 10.1 Å². The van der Waals surface area contributed by atoms with Crippen molar-refractivity contribution in [2.75, 3.05) is 6.54 Å². The fourth-order valence-corrected chi connectivity index (χ4v) is 3.44. The molecular formula is C21H26ClNO2S. The van der Waals surface area contributed by atoms with E-state index in [1.54, 1.807) is 0 Å². The number of amides is 1. The molecule has 140 valence electrons. The number of aryl methyl sites for hydroxylation is 1. The Kier molecular flexibility index (Phi) is 8.33. The minimum absolute atomic E-state index is 0.0608. The van der Waals surface area contributed by atoms with Crippen molar-refractivity contribution in [3.05, 3.63) is 59.1 Å². The maximum absolute atomic E-state index is 12.2. The number of nitrogens with one attached hydrogen (secondary N) is 1. The number of carbonyl (C=O) groups excluding carboxylic acids is 1. The predicted octanol–water partition coefficient (Wildman–Crippen LogP) is 5.36. The van der Waals surface area contributed by atoms with Crippen molar-refractivity contribution >= 4 is 29.3 Å². The average Bonchev–Trinajstić information content (AvgIpc) is 2.61. The highest BCUT2D eigenvalue weighted by molar-refractivity contribution is 8.00. The highest BCUT2D eigenvalue weighted by Gasteiger charge is 2.13. The molecule has 0 spiro atoms. The minimum Gasteiger partial charge on any atom is -0.491 e. The van der Waals surface area contributed by atoms with Crippen LogP contribution in [-0.4, -0.2) is 23.8 Å². The van der Waals surface area contributed by atoms with Crippen molar-refractivity contribution in [3.8, 4) is 5.75 Å². The second kappa shape index (κ2) is 10.5. The molecule has 0 unspecified atom stereocenters. The molecule has 0 aliphatic rings. The monoisotopic (exact) mass is 391 g/mol. The first kappa shape index (κ1) is 20.7. The van der Waals surface area contributed by atoms with E-state index >= 15 is 0 Å². The van der Waals surface area contributed by atoms with Crippen LogP contribution in [0.4, 0.5) is 0 Å². The van der Waals surface area contributed by atoms with Crippen LogP contribution in [0.5, 0.6) is 5.75 Å². The van der Waals surface area contributed by atoms with Gasteiger partial charge >= 0.3 is 0 Å². The number of ether oxygens (including phenoxy) is 1. The van der Waals surface area contributed by atoms with Crippen LogP contribution in [0.15, 0.2) is 53.4 Å². The molecule has 0 aliphatic heterocycles. The summed E-state index contributed by atoms with van der Waals surface area (Å²) in [5.74, 6) is 0.954. The van der Waals surface area contributed by atoms with E-state index in [0.717, 1.165) is 23.5 Å². The topological polar surface area (TPSA) is 38.3 Å². The molecule has 2 aromatic rings. The van der Waals surface area contributed by atoms with E-state index in [9.17, 15) is 4.79 Å². The molecule has 2 aromatic carbocycles. The number of hydrogen-bond acceptors (Lipinski definition) is 3. The number of thioether (sulfide) groups is 1. The quantitative estimate of drug-likeness (QED) is 0.462. The van der Waals surface area contributed by atoms with Crippen LogP contribution in [0, 0.1) is 0 Å². The third-order valence-corrected chi connectivity index (χ3v) is 5.10. The van der Waals surface area contributed by atoms with Crippen LogP contribution in [0.2, 0.25) is 5.02 Å². The molecule has 0 aromatic heterocycles. The van der Waals surface area contributed by atoms with Crippen molar-refractivity contribution in [2.24, 2.45) is 0 Å². The summed E-state index contributed by atoms with van der Waals surface area (Å²) in [6.45, 7) is 6.63. The molecule has 2 rings (SSSR count). The van der Waals surface area contributed by atoms with Gasteiger partial charge in [-0.1, -0.05) is 23.7 Å². The van der Waals surface area contributed by atoms with E-state index in [0.29, 0.717) is 11.6 Å². The molecule has 0 saturated heterocycles. The predicted molar refractivity (Wildman–Crippen MR) is 110 cm³/mol. The Morgan fingerprint density at radius 3 is 2.35 bits per heavy atom. The molecule has 5 heteroatoms. The molecule has 0 fully saturated rings. The summed E-state index contributed by atoms with van der Waals surface area (Å²) in [4.78, 5) is 13.2. The Morgan fingerprint density at radius 2 is 1.73 bits per heavy atom. The summed E-state index contributed by atoms with van der Waals surface area (Å²) in [6, 6.07) is 15.7. The van der Waals surface area contributed by atoms with Gasteiger partial charge in [-0.3, -0.25) is 4.79 Å². The zero-order chi connectivity index (χ0) is 18.9. The third-order valence-electron chi connectivity index (χ3n) is 3.73. The van der Waals surface area contributed by atoms with Gasteiger partial charge in [0.25, 0.3) is 0 Å². The van der Waals surface area contributed by atoms with Gasteiger partial charge in [-0.25, -0.2) is 0 Å². The second-order valence-electron chi connectivity index (χ2n) is 6.42. The van der Waals surface area contributed by atoms with E-state index in [1.807, 2.05) is 57.2 Å². The standard InChI is InChI=1S/C21H26ClNO2S/c1-15(2)25-19-10-6-17(7-11-19)5-4-14-23-21(24)16(3)26-20-12-8-18(22)9-13-20/h6-13,15-16H,4-5,14H2,1-3H3,(H,23,24)/t16-/m0/s1. The summed E-state index contributed by atoms with van der Waals surface area (Å²) < 4.78 is 5.64. The van der Waals surface area contributed by atoms with E-state index in [-0.39, 0.29) is 17.3 Å². The first-order valence-corrected chi connectivity index (χ1v) is 10.2. The second-order valence-corrected chi connectivity index (χ2v) is 8.27. The van der Waals surface area contributed by atoms with Crippen LogP contribution >= 0.6 is 23.4 Å². The molecule has 0 saturated carbocycles. The zero-order valence-corrected chi connectivity index (χ0v) is 17.1. The van der Waals surface area contributed by atoms with Crippen LogP contribution < -0.4 is 10.1 Å². The molecular weight excluding hydrogens is 366 g/mol. The molecule has 3 nitrogen and oxygen atoms in total. The van der Waals surface area contributed by atoms with Crippen LogP contribution in [0.3, 0.4) is 0 Å². The van der Waals surface area contributed by atoms with Gasteiger partial charge in [0.1, 0.15) is 5.75 Å². The van der Waals surface area contributed by atoms with Gasteiger partial charge in [0.15, 0.2) is 0 Å². The lowest BCUT2D eigenvalue weighted by molar-refractivity contribution is -0.120. The lowest BCUT2D eigenvalue weighted by Gasteiger charge is -2.12. The van der Waals surface area contributed by atoms with Crippen molar-refractivity contribution in [2.45, 2.75) is 49.9 Å². The molecule has 1 atom stereocenters. The largest absolute Gasteiger partial charge is 0.491 e. The van der Waals surface area contributed by atoms with Crippen molar-refractivity contribution in [1.82, 2.24) is 5.32 Å². The highest BCUT2D eigenvalue weighted by Crippen LogP contribution is 2.24. The van der Waals surface area contributed by atoms with Gasteiger partial charge in [-0.15, -0.1) is 11.8 Å². The Balaban J connectivity index is 1.68. The lowest BCUT2D eigenvalue weighted by atomic mass is 10.1. The van der Waals surface area contributed by atoms with Gasteiger partial charge in [0.2, 0.25) is 5.91 Å². The fraction of sp³-hybridized carbons (Fsp3) is 0.381. The van der Waals surface area contributed by atoms with Crippen LogP contribution in [-0.2, 0) is 11.2 Å². The van der Waals surface area contributed by atoms with E-state index in [1.165, 1.54) is 17.3 Å². The van der Waals surface area contributed by atoms with Crippen LogP contribution in [0.25, 0.3) is 0 Å². The van der Waals surface area contributed by atoms with E-state index < -0.39 is 0 Å². The Morgan fingerprint density at radius 1 is 1.08 bits per heavy atom. The summed E-state index contributed by atoms with van der Waals surface area (Å²) in [5, 5.41) is 3.58. The molecule has 0 aliphatic carbocycles. The summed E-state index contributed by atoms with van der Waals surface area (Å²) in [6.07, 6.45) is 2.03. The normalized spacial score (nSPS) is 12.0. The van der Waals surface area contributed by atoms with Gasteiger partial charge in [0.05, 0.1) is 11.4 Å². The SMILES string of the molecule is CC(C)Oc1ccc(CCCNC(=O)[C@H](C)Sc2ccc(Cl)cc2)cc1. The van der Waals surface area contributed by atoms with Gasteiger partial charge in [-0.2, -0.15) is 0 Å². The smallest absolute Gasteiger partial charge is 0.233 e. The maximum Gasteiger partial charge on any atom is 0.233 e. The summed E-state index contributed by atoms with van der Waals surface area (Å²) in [7, 11) is 0. The molecule has 0 heterocycles. The zero-order valence-electron chi connectivity index (χ0n) is 15.5. The first-order chi connectivity index (χ1) is 12.4. The molecule has 1 N–H and O–H groups in total. The number of hydrogen-bond donors (Lipinski definition) is 1. The van der Waals surface area contributed by atoms with E-state index in [2.05, 4.69) is 17.4 Å². The first-order valence-electron chi connectivity index (χ1n) is 8.89. The lowest BCUT2D eigenvalue weighted by Crippen LogP contribution is -2.31.